The summed E-state index contributed by atoms with van der Waals surface area (Å²) in [4.78, 5) is 2.77. The average molecular weight is 296 g/mol. The van der Waals surface area contributed by atoms with Gasteiger partial charge in [0, 0.05) is 6.54 Å². The summed E-state index contributed by atoms with van der Waals surface area (Å²) in [5, 5.41) is 0. The van der Waals surface area contributed by atoms with Crippen LogP contribution in [0.5, 0.6) is 0 Å². The topological polar surface area (TPSA) is 3.24 Å². The molecule has 0 aromatic carbocycles. The maximum atomic E-state index is 2.77. The first kappa shape index (κ1) is 19.0. The summed E-state index contributed by atoms with van der Waals surface area (Å²) in [6.45, 7) is 16.0. The van der Waals surface area contributed by atoms with Crippen molar-refractivity contribution in [3.63, 3.8) is 0 Å². The van der Waals surface area contributed by atoms with E-state index in [1.807, 2.05) is 0 Å². The van der Waals surface area contributed by atoms with E-state index in [0.717, 1.165) is 11.8 Å². The van der Waals surface area contributed by atoms with E-state index in [0.29, 0.717) is 5.41 Å². The molecular weight excluding hydrogens is 254 g/mol. The number of hydrogen-bond donors (Lipinski definition) is 0. The fourth-order valence-corrected chi connectivity index (χ4v) is 4.01. The van der Waals surface area contributed by atoms with Crippen molar-refractivity contribution >= 4 is 0 Å². The van der Waals surface area contributed by atoms with Crippen LogP contribution in [-0.2, 0) is 0 Å². The van der Waals surface area contributed by atoms with Gasteiger partial charge in [-0.2, -0.15) is 0 Å². The fourth-order valence-electron chi connectivity index (χ4n) is 4.01. The van der Waals surface area contributed by atoms with Crippen molar-refractivity contribution in [2.75, 3.05) is 19.6 Å². The van der Waals surface area contributed by atoms with E-state index in [-0.39, 0.29) is 0 Å². The van der Waals surface area contributed by atoms with Crippen molar-refractivity contribution in [2.45, 2.75) is 92.4 Å². The van der Waals surface area contributed by atoms with Gasteiger partial charge >= 0.3 is 0 Å². The lowest BCUT2D eigenvalue weighted by atomic mass is 9.72. The lowest BCUT2D eigenvalue weighted by Crippen LogP contribution is -2.42. The highest BCUT2D eigenvalue weighted by Crippen LogP contribution is 2.40. The predicted molar refractivity (Wildman–Crippen MR) is 95.8 cm³/mol. The molecule has 1 saturated heterocycles. The van der Waals surface area contributed by atoms with Crippen LogP contribution in [0.2, 0.25) is 0 Å². The molecule has 0 saturated carbocycles. The van der Waals surface area contributed by atoms with Crippen LogP contribution in [0.1, 0.15) is 92.4 Å². The van der Waals surface area contributed by atoms with Crippen LogP contribution < -0.4 is 0 Å². The van der Waals surface area contributed by atoms with E-state index < -0.39 is 0 Å². The lowest BCUT2D eigenvalue weighted by Gasteiger charge is -2.42. The summed E-state index contributed by atoms with van der Waals surface area (Å²) in [7, 11) is 0. The molecule has 0 spiro atoms. The molecule has 0 N–H and O–H groups in total. The first-order valence-electron chi connectivity index (χ1n) is 9.81. The molecule has 2 unspecified atom stereocenters. The molecule has 1 aliphatic rings. The molecule has 0 amide bonds. The van der Waals surface area contributed by atoms with E-state index in [2.05, 4.69) is 39.5 Å². The molecule has 1 heteroatoms. The summed E-state index contributed by atoms with van der Waals surface area (Å²) in [6, 6.07) is 0. The molecule has 1 aliphatic heterocycles. The van der Waals surface area contributed by atoms with Gasteiger partial charge in [-0.1, -0.05) is 66.7 Å². The Kier molecular flexibility index (Phi) is 8.94. The number of unbranched alkanes of at least 4 members (excludes halogenated alkanes) is 1. The Morgan fingerprint density at radius 2 is 1.67 bits per heavy atom. The zero-order valence-electron chi connectivity index (χ0n) is 15.6. The first-order valence-corrected chi connectivity index (χ1v) is 9.81. The predicted octanol–water partition coefficient (Wildman–Crippen LogP) is 6.13. The summed E-state index contributed by atoms with van der Waals surface area (Å²) < 4.78 is 0. The minimum atomic E-state index is 0.685. The largest absolute Gasteiger partial charge is 0.303 e. The van der Waals surface area contributed by atoms with Gasteiger partial charge in [0.05, 0.1) is 0 Å². The van der Waals surface area contributed by atoms with Crippen LogP contribution >= 0.6 is 0 Å². The number of hydrogen-bond acceptors (Lipinski definition) is 1. The van der Waals surface area contributed by atoms with E-state index >= 15 is 0 Å². The van der Waals surface area contributed by atoms with Gasteiger partial charge in [0.2, 0.25) is 0 Å². The molecule has 21 heavy (non-hydrogen) atoms. The Balaban J connectivity index is 2.40. The van der Waals surface area contributed by atoms with Gasteiger partial charge in [-0.25, -0.2) is 0 Å². The molecule has 1 fully saturated rings. The second kappa shape index (κ2) is 9.87. The first-order chi connectivity index (χ1) is 10.1. The molecule has 1 nitrogen and oxygen atoms in total. The highest BCUT2D eigenvalue weighted by molar-refractivity contribution is 4.85. The summed E-state index contributed by atoms with van der Waals surface area (Å²) in [5.74, 6) is 1.82. The standard InChI is InChI=1S/C20H41N/c1-6-10-11-20(9-4)12-14-21(15-13-20)17-19(8-3)16-18(5)7-2/h18-19H,6-17H2,1-5H3. The van der Waals surface area contributed by atoms with Gasteiger partial charge in [-0.15, -0.1) is 0 Å². The maximum Gasteiger partial charge on any atom is 0.000966 e. The molecular formula is C20H41N. The third-order valence-corrected chi connectivity index (χ3v) is 6.25. The molecule has 0 aromatic rings. The molecule has 2 atom stereocenters. The molecule has 126 valence electrons. The van der Waals surface area contributed by atoms with Crippen molar-refractivity contribution in [1.29, 1.82) is 0 Å². The summed E-state index contributed by atoms with van der Waals surface area (Å²) >= 11 is 0. The molecule has 1 heterocycles. The van der Waals surface area contributed by atoms with Gasteiger partial charge in [-0.05, 0) is 56.0 Å². The SMILES string of the molecule is CCCCC1(CC)CCN(CC(CC)CC(C)CC)CC1. The van der Waals surface area contributed by atoms with Gasteiger partial charge in [0.15, 0.2) is 0 Å². The summed E-state index contributed by atoms with van der Waals surface area (Å²) in [5.41, 5.74) is 0.685. The minimum absolute atomic E-state index is 0.685. The van der Waals surface area contributed by atoms with Crippen molar-refractivity contribution in [3.8, 4) is 0 Å². The van der Waals surface area contributed by atoms with Gasteiger partial charge in [0.1, 0.15) is 0 Å². The summed E-state index contributed by atoms with van der Waals surface area (Å²) in [6.07, 6.45) is 12.7. The number of nitrogens with zero attached hydrogens (tertiary/aromatic N) is 1. The highest BCUT2D eigenvalue weighted by atomic mass is 15.1. The zero-order valence-corrected chi connectivity index (χ0v) is 15.6. The third kappa shape index (κ3) is 6.30. The van der Waals surface area contributed by atoms with Crippen LogP contribution in [0.3, 0.4) is 0 Å². The second-order valence-corrected chi connectivity index (χ2v) is 7.78. The smallest absolute Gasteiger partial charge is 0.000966 e. The monoisotopic (exact) mass is 295 g/mol. The molecule has 0 aliphatic carbocycles. The Bertz CT molecular complexity index is 253. The Morgan fingerprint density at radius 3 is 2.14 bits per heavy atom. The van der Waals surface area contributed by atoms with Crippen molar-refractivity contribution in [2.24, 2.45) is 17.3 Å². The second-order valence-electron chi connectivity index (χ2n) is 7.78. The van der Waals surface area contributed by atoms with Crippen LogP contribution in [0, 0.1) is 17.3 Å². The molecule has 0 aromatic heterocycles. The van der Waals surface area contributed by atoms with Crippen molar-refractivity contribution in [3.05, 3.63) is 0 Å². The van der Waals surface area contributed by atoms with Gasteiger partial charge in [-0.3, -0.25) is 0 Å². The number of rotatable bonds is 10. The van der Waals surface area contributed by atoms with Crippen LogP contribution in [-0.4, -0.2) is 24.5 Å². The van der Waals surface area contributed by atoms with E-state index in [9.17, 15) is 0 Å². The highest BCUT2D eigenvalue weighted by Gasteiger charge is 2.32. The Morgan fingerprint density at radius 1 is 1.00 bits per heavy atom. The Hall–Kier alpha value is -0.0400. The number of piperidine rings is 1. The van der Waals surface area contributed by atoms with Crippen LogP contribution in [0.15, 0.2) is 0 Å². The van der Waals surface area contributed by atoms with Gasteiger partial charge < -0.3 is 4.90 Å². The van der Waals surface area contributed by atoms with Crippen LogP contribution in [0.25, 0.3) is 0 Å². The Labute approximate surface area is 134 Å². The maximum absolute atomic E-state index is 2.77. The minimum Gasteiger partial charge on any atom is -0.303 e. The lowest BCUT2D eigenvalue weighted by molar-refractivity contribution is 0.0750. The fraction of sp³-hybridized carbons (Fsp3) is 1.00. The average Bonchev–Trinajstić information content (AvgIpc) is 2.53. The van der Waals surface area contributed by atoms with E-state index in [1.165, 1.54) is 77.4 Å². The van der Waals surface area contributed by atoms with E-state index in [1.54, 1.807) is 0 Å². The van der Waals surface area contributed by atoms with Crippen LogP contribution in [0.4, 0.5) is 0 Å². The third-order valence-electron chi connectivity index (χ3n) is 6.25. The number of likely N-dealkylation sites (tertiary alicyclic amines) is 1. The molecule has 1 rings (SSSR count). The van der Waals surface area contributed by atoms with Gasteiger partial charge in [0.25, 0.3) is 0 Å². The van der Waals surface area contributed by atoms with E-state index in [4.69, 9.17) is 0 Å². The quantitative estimate of drug-likeness (QED) is 0.468. The molecule has 0 radical (unpaired) electrons. The molecule has 0 bridgehead atoms. The van der Waals surface area contributed by atoms with Crippen molar-refractivity contribution < 1.29 is 0 Å². The van der Waals surface area contributed by atoms with Crippen molar-refractivity contribution in [1.82, 2.24) is 4.90 Å². The normalized spacial score (nSPS) is 22.1. The zero-order chi connectivity index (χ0) is 15.7.